The Bertz CT molecular complexity index is 1140. The Morgan fingerprint density at radius 2 is 1.88 bits per heavy atom. The van der Waals surface area contributed by atoms with Crippen molar-refractivity contribution in [2.75, 3.05) is 37.6 Å². The number of carbonyl (C=O) groups excluding carboxylic acids is 3. The predicted octanol–water partition coefficient (Wildman–Crippen LogP) is 0.838. The first kappa shape index (κ1) is 22.9. The summed E-state index contributed by atoms with van der Waals surface area (Å²) in [6.07, 6.45) is 2.03. The second-order valence-electron chi connectivity index (χ2n) is 9.48. The molecule has 0 spiro atoms. The van der Waals surface area contributed by atoms with Crippen molar-refractivity contribution < 1.29 is 19.1 Å². The van der Waals surface area contributed by atoms with Crippen LogP contribution in [-0.4, -0.2) is 70.8 Å². The summed E-state index contributed by atoms with van der Waals surface area (Å²) in [6.45, 7) is 8.79. The standard InChI is InChI=1S/C23H29N5O5/c1-23(2,3)33-20(30)14-26-8-10-27(11-9-26)16-4-5-17-15(12-16)13-24-28(22(17)32)18-6-7-19(29)25-21(18)31/h4-5,12-13,18H,6-11,14H2,1-3H3,(H,25,29,31). The van der Waals surface area contributed by atoms with Crippen LogP contribution in [0.4, 0.5) is 5.69 Å². The fourth-order valence-corrected chi connectivity index (χ4v) is 4.21. The van der Waals surface area contributed by atoms with Crippen molar-refractivity contribution in [2.45, 2.75) is 45.3 Å². The van der Waals surface area contributed by atoms with Gasteiger partial charge in [0.25, 0.3) is 11.5 Å². The molecule has 2 aliphatic rings. The van der Waals surface area contributed by atoms with Crippen LogP contribution in [0.1, 0.15) is 39.7 Å². The van der Waals surface area contributed by atoms with E-state index in [1.54, 1.807) is 12.3 Å². The topological polar surface area (TPSA) is 114 Å². The number of anilines is 1. The maximum Gasteiger partial charge on any atom is 0.320 e. The number of benzene rings is 1. The van der Waals surface area contributed by atoms with Crippen LogP contribution in [0.25, 0.3) is 10.8 Å². The number of hydrogen-bond acceptors (Lipinski definition) is 8. The number of ether oxygens (including phenoxy) is 1. The first-order valence-electron chi connectivity index (χ1n) is 11.2. The third-order valence-corrected chi connectivity index (χ3v) is 5.81. The van der Waals surface area contributed by atoms with E-state index in [9.17, 15) is 19.2 Å². The van der Waals surface area contributed by atoms with Crippen molar-refractivity contribution in [1.29, 1.82) is 0 Å². The summed E-state index contributed by atoms with van der Waals surface area (Å²) >= 11 is 0. The van der Waals surface area contributed by atoms with Gasteiger partial charge in [-0.1, -0.05) is 0 Å². The highest BCUT2D eigenvalue weighted by molar-refractivity contribution is 5.99. The van der Waals surface area contributed by atoms with Gasteiger partial charge in [0.05, 0.1) is 18.1 Å². The second-order valence-corrected chi connectivity index (χ2v) is 9.48. The molecule has 3 heterocycles. The van der Waals surface area contributed by atoms with Crippen LogP contribution in [0.15, 0.2) is 29.2 Å². The largest absolute Gasteiger partial charge is 0.459 e. The highest BCUT2D eigenvalue weighted by Gasteiger charge is 2.30. The molecule has 0 aliphatic carbocycles. The SMILES string of the molecule is CC(C)(C)OC(=O)CN1CCN(c2ccc3c(=O)n(C4CCC(=O)NC4=O)ncc3c2)CC1. The molecule has 1 N–H and O–H groups in total. The smallest absolute Gasteiger partial charge is 0.320 e. The lowest BCUT2D eigenvalue weighted by atomic mass is 10.1. The van der Waals surface area contributed by atoms with Crippen molar-refractivity contribution in [2.24, 2.45) is 0 Å². The van der Waals surface area contributed by atoms with E-state index in [-0.39, 0.29) is 36.8 Å². The first-order chi connectivity index (χ1) is 15.6. The minimum absolute atomic E-state index is 0.182. The average Bonchev–Trinajstić information content (AvgIpc) is 2.74. The van der Waals surface area contributed by atoms with Gasteiger partial charge >= 0.3 is 5.97 Å². The lowest BCUT2D eigenvalue weighted by molar-refractivity contribution is -0.156. The van der Waals surface area contributed by atoms with Gasteiger partial charge in [-0.05, 0) is 45.4 Å². The van der Waals surface area contributed by atoms with Gasteiger partial charge in [0, 0.05) is 43.7 Å². The third-order valence-electron chi connectivity index (χ3n) is 5.81. The lowest BCUT2D eigenvalue weighted by Gasteiger charge is -2.36. The van der Waals surface area contributed by atoms with E-state index in [0.29, 0.717) is 10.8 Å². The number of piperazine rings is 1. The highest BCUT2D eigenvalue weighted by atomic mass is 16.6. The van der Waals surface area contributed by atoms with Crippen molar-refractivity contribution >= 4 is 34.2 Å². The van der Waals surface area contributed by atoms with Crippen LogP contribution in [-0.2, 0) is 19.1 Å². The number of nitrogens with one attached hydrogen (secondary N) is 1. The van der Waals surface area contributed by atoms with Crippen molar-refractivity contribution in [3.63, 3.8) is 0 Å². The Hall–Kier alpha value is -3.27. The van der Waals surface area contributed by atoms with Crippen LogP contribution in [0.3, 0.4) is 0 Å². The Labute approximate surface area is 191 Å². The molecule has 4 rings (SSSR count). The van der Waals surface area contributed by atoms with Crippen LogP contribution < -0.4 is 15.8 Å². The van der Waals surface area contributed by atoms with Crippen molar-refractivity contribution in [1.82, 2.24) is 20.0 Å². The monoisotopic (exact) mass is 455 g/mol. The van der Waals surface area contributed by atoms with E-state index < -0.39 is 17.6 Å². The average molecular weight is 456 g/mol. The second kappa shape index (κ2) is 8.93. The van der Waals surface area contributed by atoms with E-state index in [4.69, 9.17) is 4.74 Å². The van der Waals surface area contributed by atoms with E-state index >= 15 is 0 Å². The molecule has 0 saturated carbocycles. The Balaban J connectivity index is 1.44. The molecule has 0 bridgehead atoms. The number of esters is 1. The molecule has 10 heteroatoms. The zero-order valence-electron chi connectivity index (χ0n) is 19.2. The van der Waals surface area contributed by atoms with Gasteiger partial charge in [0.15, 0.2) is 0 Å². The molecule has 1 aromatic carbocycles. The molecule has 2 saturated heterocycles. The van der Waals surface area contributed by atoms with Gasteiger partial charge < -0.3 is 9.64 Å². The fourth-order valence-electron chi connectivity index (χ4n) is 4.21. The molecule has 1 unspecified atom stereocenters. The molecule has 10 nitrogen and oxygen atoms in total. The fraction of sp³-hybridized carbons (Fsp3) is 0.522. The van der Waals surface area contributed by atoms with Crippen LogP contribution in [0, 0.1) is 0 Å². The van der Waals surface area contributed by atoms with Crippen LogP contribution in [0.5, 0.6) is 0 Å². The molecule has 2 aliphatic heterocycles. The Morgan fingerprint density at radius 1 is 1.15 bits per heavy atom. The summed E-state index contributed by atoms with van der Waals surface area (Å²) in [5.74, 6) is -1.05. The number of carbonyl (C=O) groups is 3. The normalized spacial score (nSPS) is 20.1. The van der Waals surface area contributed by atoms with Gasteiger partial charge in [-0.15, -0.1) is 0 Å². The predicted molar refractivity (Wildman–Crippen MR) is 122 cm³/mol. The molecule has 1 atom stereocenters. The number of imide groups is 1. The number of aromatic nitrogens is 2. The molecule has 176 valence electrons. The lowest BCUT2D eigenvalue weighted by Crippen LogP contribution is -2.48. The zero-order chi connectivity index (χ0) is 23.8. The third kappa shape index (κ3) is 5.22. The van der Waals surface area contributed by atoms with Crippen molar-refractivity contribution in [3.05, 3.63) is 34.7 Å². The molecular weight excluding hydrogens is 426 g/mol. The van der Waals surface area contributed by atoms with Crippen LogP contribution >= 0.6 is 0 Å². The minimum Gasteiger partial charge on any atom is -0.459 e. The van der Waals surface area contributed by atoms with Gasteiger partial charge in [-0.25, -0.2) is 4.68 Å². The number of hydrogen-bond donors (Lipinski definition) is 1. The zero-order valence-corrected chi connectivity index (χ0v) is 19.2. The molecular formula is C23H29N5O5. The summed E-state index contributed by atoms with van der Waals surface area (Å²) in [5, 5.41) is 7.65. The number of amides is 2. The van der Waals surface area contributed by atoms with Gasteiger partial charge in [-0.2, -0.15) is 5.10 Å². The molecule has 33 heavy (non-hydrogen) atoms. The van der Waals surface area contributed by atoms with Gasteiger partial charge in [0.2, 0.25) is 5.91 Å². The van der Waals surface area contributed by atoms with Crippen molar-refractivity contribution in [3.8, 4) is 0 Å². The van der Waals surface area contributed by atoms with Gasteiger partial charge in [0.1, 0.15) is 11.6 Å². The molecule has 2 amide bonds. The maximum atomic E-state index is 13.0. The number of fused-ring (bicyclic) bond motifs is 1. The van der Waals surface area contributed by atoms with E-state index in [1.165, 1.54) is 4.68 Å². The summed E-state index contributed by atoms with van der Waals surface area (Å²) in [7, 11) is 0. The minimum atomic E-state index is -0.780. The summed E-state index contributed by atoms with van der Waals surface area (Å²) in [6, 6.07) is 4.78. The maximum absolute atomic E-state index is 13.0. The Kier molecular flexibility index (Phi) is 6.20. The van der Waals surface area contributed by atoms with E-state index in [0.717, 1.165) is 31.9 Å². The Morgan fingerprint density at radius 3 is 2.55 bits per heavy atom. The number of piperidine rings is 1. The van der Waals surface area contributed by atoms with Gasteiger partial charge in [-0.3, -0.25) is 29.4 Å². The van der Waals surface area contributed by atoms with Crippen LogP contribution in [0.2, 0.25) is 0 Å². The van der Waals surface area contributed by atoms with E-state index in [2.05, 4.69) is 20.2 Å². The highest BCUT2D eigenvalue weighted by Crippen LogP contribution is 2.23. The molecule has 0 radical (unpaired) electrons. The number of rotatable bonds is 4. The first-order valence-corrected chi connectivity index (χ1v) is 11.2. The number of nitrogens with zero attached hydrogens (tertiary/aromatic N) is 4. The summed E-state index contributed by atoms with van der Waals surface area (Å²) in [5.41, 5.74) is 0.129. The summed E-state index contributed by atoms with van der Waals surface area (Å²) in [4.78, 5) is 52.9. The molecule has 1 aromatic heterocycles. The molecule has 2 fully saturated rings. The quantitative estimate of drug-likeness (QED) is 0.533. The van der Waals surface area contributed by atoms with E-state index in [1.807, 2.05) is 32.9 Å². The summed E-state index contributed by atoms with van der Waals surface area (Å²) < 4.78 is 6.57. The molecule has 2 aromatic rings.